The highest BCUT2D eigenvalue weighted by Crippen LogP contribution is 2.35. The number of anilines is 1. The van der Waals surface area contributed by atoms with E-state index in [0.717, 1.165) is 5.56 Å². The van der Waals surface area contributed by atoms with Crippen LogP contribution in [0.4, 0.5) is 5.69 Å². The van der Waals surface area contributed by atoms with Gasteiger partial charge in [-0.15, -0.1) is 0 Å². The van der Waals surface area contributed by atoms with E-state index in [-0.39, 0.29) is 18.8 Å². The van der Waals surface area contributed by atoms with E-state index >= 15 is 0 Å². The highest BCUT2D eigenvalue weighted by atomic mass is 79.9. The number of nitriles is 1. The number of benzene rings is 2. The number of ether oxygens (including phenoxy) is 3. The average Bonchev–Trinajstić information content (AvgIpc) is 2.74. The summed E-state index contributed by atoms with van der Waals surface area (Å²) in [5.41, 5.74) is 1.98. The molecular weight excluding hydrogens is 464 g/mol. The third-order valence-corrected chi connectivity index (χ3v) is 4.76. The van der Waals surface area contributed by atoms with Gasteiger partial charge in [0.25, 0.3) is 5.91 Å². The quantitative estimate of drug-likeness (QED) is 0.314. The largest absolute Gasteiger partial charge is 0.490 e. The van der Waals surface area contributed by atoms with E-state index in [1.165, 1.54) is 6.08 Å². The second-order valence-electron chi connectivity index (χ2n) is 6.29. The zero-order valence-corrected chi connectivity index (χ0v) is 19.1. The number of carbonyl (C=O) groups is 2. The number of nitrogens with zero attached hydrogens (tertiary/aromatic N) is 1. The Hall–Kier alpha value is -3.31. The van der Waals surface area contributed by atoms with Crippen LogP contribution in [0.2, 0.25) is 0 Å². The zero-order valence-electron chi connectivity index (χ0n) is 17.5. The van der Waals surface area contributed by atoms with Gasteiger partial charge in [-0.1, -0.05) is 34.1 Å². The van der Waals surface area contributed by atoms with Crippen LogP contribution in [0.1, 0.15) is 25.0 Å². The van der Waals surface area contributed by atoms with Gasteiger partial charge >= 0.3 is 5.97 Å². The van der Waals surface area contributed by atoms with Gasteiger partial charge in [-0.05, 0) is 56.2 Å². The van der Waals surface area contributed by atoms with Gasteiger partial charge < -0.3 is 19.5 Å². The van der Waals surface area contributed by atoms with Crippen molar-refractivity contribution in [2.24, 2.45) is 0 Å². The minimum Gasteiger partial charge on any atom is -0.490 e. The summed E-state index contributed by atoms with van der Waals surface area (Å²) in [6.45, 7) is 5.74. The van der Waals surface area contributed by atoms with Crippen molar-refractivity contribution in [1.82, 2.24) is 0 Å². The molecule has 0 bridgehead atoms. The minimum atomic E-state index is -0.524. The van der Waals surface area contributed by atoms with Gasteiger partial charge in [0.2, 0.25) is 0 Å². The maximum atomic E-state index is 12.6. The Morgan fingerprint density at radius 1 is 1.13 bits per heavy atom. The number of esters is 1. The van der Waals surface area contributed by atoms with E-state index in [4.69, 9.17) is 14.2 Å². The van der Waals surface area contributed by atoms with Crippen LogP contribution in [0.5, 0.6) is 11.5 Å². The molecule has 31 heavy (non-hydrogen) atoms. The van der Waals surface area contributed by atoms with Gasteiger partial charge in [0, 0.05) is 10.2 Å². The van der Waals surface area contributed by atoms with Crippen molar-refractivity contribution in [2.75, 3.05) is 25.1 Å². The predicted octanol–water partition coefficient (Wildman–Crippen LogP) is 4.64. The second-order valence-corrected chi connectivity index (χ2v) is 7.14. The summed E-state index contributed by atoms with van der Waals surface area (Å²) in [5, 5.41) is 12.3. The molecule has 2 rings (SSSR count). The fourth-order valence-corrected chi connectivity index (χ4v) is 3.03. The van der Waals surface area contributed by atoms with E-state index in [2.05, 4.69) is 21.2 Å². The number of carbonyl (C=O) groups excluding carboxylic acids is 2. The summed E-state index contributed by atoms with van der Waals surface area (Å²) in [6.07, 6.45) is 1.45. The van der Waals surface area contributed by atoms with Gasteiger partial charge in [0.1, 0.15) is 11.6 Å². The lowest BCUT2D eigenvalue weighted by Crippen LogP contribution is -2.15. The van der Waals surface area contributed by atoms with Gasteiger partial charge in [-0.2, -0.15) is 5.26 Å². The molecule has 0 spiro atoms. The first-order valence-electron chi connectivity index (χ1n) is 9.63. The maximum absolute atomic E-state index is 12.6. The summed E-state index contributed by atoms with van der Waals surface area (Å²) in [7, 11) is 0. The fourth-order valence-electron chi connectivity index (χ4n) is 2.59. The first kappa shape index (κ1) is 24.0. The number of amides is 1. The van der Waals surface area contributed by atoms with Crippen LogP contribution in [0.25, 0.3) is 6.08 Å². The van der Waals surface area contributed by atoms with E-state index in [0.29, 0.717) is 33.8 Å². The Morgan fingerprint density at radius 3 is 2.48 bits per heavy atom. The van der Waals surface area contributed by atoms with E-state index in [9.17, 15) is 14.9 Å². The number of halogens is 1. The van der Waals surface area contributed by atoms with Crippen molar-refractivity contribution < 1.29 is 23.8 Å². The molecule has 2 aromatic carbocycles. The summed E-state index contributed by atoms with van der Waals surface area (Å²) in [5.74, 6) is -0.311. The van der Waals surface area contributed by atoms with Gasteiger partial charge in [0.15, 0.2) is 18.1 Å². The van der Waals surface area contributed by atoms with Crippen LogP contribution in [0.3, 0.4) is 0 Å². The van der Waals surface area contributed by atoms with Crippen LogP contribution in [0.15, 0.2) is 46.4 Å². The van der Waals surface area contributed by atoms with Crippen molar-refractivity contribution in [3.05, 3.63) is 57.6 Å². The first-order chi connectivity index (χ1) is 14.9. The van der Waals surface area contributed by atoms with E-state index in [1.54, 1.807) is 31.2 Å². The molecule has 0 heterocycles. The minimum absolute atomic E-state index is 0.0772. The molecule has 0 aromatic heterocycles. The highest BCUT2D eigenvalue weighted by molar-refractivity contribution is 9.10. The number of nitrogens with one attached hydrogen (secondary N) is 1. The molecule has 0 aliphatic heterocycles. The average molecular weight is 487 g/mol. The molecule has 1 N–H and O–H groups in total. The number of hydrogen-bond donors (Lipinski definition) is 1. The molecule has 1 amide bonds. The van der Waals surface area contributed by atoms with Gasteiger partial charge in [-0.25, -0.2) is 4.79 Å². The van der Waals surface area contributed by atoms with Crippen LogP contribution in [0, 0.1) is 18.3 Å². The molecule has 0 aliphatic rings. The van der Waals surface area contributed by atoms with Crippen LogP contribution in [-0.4, -0.2) is 31.7 Å². The molecule has 0 unspecified atom stereocenters. The first-order valence-corrected chi connectivity index (χ1v) is 10.4. The summed E-state index contributed by atoms with van der Waals surface area (Å²) in [6, 6.07) is 12.5. The standard InChI is InChI=1S/C23H23BrN2O5/c1-4-29-20-11-16(18(24)12-21(20)31-14-22(27)30-5-2)10-17(13-25)23(28)26-19-9-7-6-8-15(19)3/h6-12H,4-5,14H2,1-3H3,(H,26,28)/b17-10+. The van der Waals surface area contributed by atoms with Gasteiger partial charge in [-0.3, -0.25) is 4.79 Å². The lowest BCUT2D eigenvalue weighted by atomic mass is 10.1. The lowest BCUT2D eigenvalue weighted by Gasteiger charge is -2.14. The van der Waals surface area contributed by atoms with Crippen LogP contribution >= 0.6 is 15.9 Å². The van der Waals surface area contributed by atoms with E-state index in [1.807, 2.05) is 32.0 Å². The summed E-state index contributed by atoms with van der Waals surface area (Å²) >= 11 is 3.42. The van der Waals surface area contributed by atoms with E-state index < -0.39 is 11.9 Å². The molecule has 0 aliphatic carbocycles. The zero-order chi connectivity index (χ0) is 22.8. The van der Waals surface area contributed by atoms with Crippen molar-refractivity contribution in [3.8, 4) is 17.6 Å². The molecule has 0 fully saturated rings. The molecule has 0 atom stereocenters. The normalized spacial score (nSPS) is 10.7. The molecule has 7 nitrogen and oxygen atoms in total. The smallest absolute Gasteiger partial charge is 0.344 e. The molecule has 8 heteroatoms. The Bertz CT molecular complexity index is 1030. The van der Waals surface area contributed by atoms with Crippen LogP contribution < -0.4 is 14.8 Å². The monoisotopic (exact) mass is 486 g/mol. The number of aryl methyl sites for hydroxylation is 1. The lowest BCUT2D eigenvalue weighted by molar-refractivity contribution is -0.145. The number of hydrogen-bond acceptors (Lipinski definition) is 6. The Labute approximate surface area is 189 Å². The van der Waals surface area contributed by atoms with Crippen LogP contribution in [-0.2, 0) is 14.3 Å². The Balaban J connectivity index is 2.30. The Kier molecular flexibility index (Phi) is 9.10. The molecule has 0 saturated carbocycles. The predicted molar refractivity (Wildman–Crippen MR) is 121 cm³/mol. The van der Waals surface area contributed by atoms with Crippen molar-refractivity contribution in [2.45, 2.75) is 20.8 Å². The summed E-state index contributed by atoms with van der Waals surface area (Å²) < 4.78 is 16.5. The summed E-state index contributed by atoms with van der Waals surface area (Å²) in [4.78, 5) is 24.2. The second kappa shape index (κ2) is 11.8. The molecular formula is C23H23BrN2O5. The fraction of sp³-hybridized carbons (Fsp3) is 0.261. The third kappa shape index (κ3) is 6.86. The topological polar surface area (TPSA) is 97.7 Å². The number of para-hydroxylation sites is 1. The maximum Gasteiger partial charge on any atom is 0.344 e. The van der Waals surface area contributed by atoms with Gasteiger partial charge in [0.05, 0.1) is 13.2 Å². The number of rotatable bonds is 9. The molecule has 2 aromatic rings. The molecule has 162 valence electrons. The Morgan fingerprint density at radius 2 is 1.84 bits per heavy atom. The molecule has 0 saturated heterocycles. The van der Waals surface area contributed by atoms with Crippen molar-refractivity contribution >= 4 is 39.6 Å². The van der Waals surface area contributed by atoms with Crippen molar-refractivity contribution in [3.63, 3.8) is 0 Å². The molecule has 0 radical (unpaired) electrons. The SMILES string of the molecule is CCOC(=O)COc1cc(Br)c(/C=C(\C#N)C(=O)Nc2ccccc2C)cc1OCC. The third-order valence-electron chi connectivity index (χ3n) is 4.07. The highest BCUT2D eigenvalue weighted by Gasteiger charge is 2.15. The van der Waals surface area contributed by atoms with Crippen molar-refractivity contribution in [1.29, 1.82) is 5.26 Å².